The largest absolute Gasteiger partial charge is 0.310 e. The van der Waals surface area contributed by atoms with E-state index in [0.717, 1.165) is 31.4 Å². The first-order chi connectivity index (χ1) is 59.3. The monoisotopic (exact) mass is 1300 g/mol. The fourth-order valence-electron chi connectivity index (χ4n) is 15.0. The van der Waals surface area contributed by atoms with Gasteiger partial charge in [-0.1, -0.05) is 297 Å². The maximum absolute atomic E-state index is 11.8. The van der Waals surface area contributed by atoms with Gasteiger partial charge in [0, 0.05) is 77.9 Å². The third-order valence-corrected chi connectivity index (χ3v) is 19.4. The Balaban J connectivity index is 1.06. The van der Waals surface area contributed by atoms with Gasteiger partial charge in [-0.05, 0) is 157 Å². The van der Waals surface area contributed by atoms with Crippen molar-refractivity contribution in [2.75, 3.05) is 9.80 Å². The minimum absolute atomic E-state index is 0.184. The molecule has 16 aromatic carbocycles. The highest BCUT2D eigenvalue weighted by Gasteiger charge is 2.46. The summed E-state index contributed by atoms with van der Waals surface area (Å²) >= 11 is 0. The molecule has 2 aliphatic rings. The summed E-state index contributed by atoms with van der Waals surface area (Å²) in [6.45, 7) is -1.68. The van der Waals surface area contributed by atoms with Gasteiger partial charge in [0.05, 0.1) is 63.6 Å². The zero-order valence-corrected chi connectivity index (χ0v) is 53.5. The van der Waals surface area contributed by atoms with Crippen molar-refractivity contribution in [3.8, 4) is 89.3 Å². The standard InChI is InChI=1S/C96H63BN4/c1-8-30-64(31-9-1)71-56-80(67-36-14-4-15-37-67)95(81(57-71)68-38-16-5-17-39-68)100-90-62-74(98-86-48-26-22-44-76(86)77-45-23-27-49-87(77)98)52-54-84(90)97-85-55-53-75(99-88-50-28-24-46-78(88)79-47-25-29-51-89(79)99)63-91(85)101(93-61-73(60-92(100)94(93)97)66-34-12-3-13-35-66)96-82(69-40-18-6-19-41-69)58-72(65-32-10-2-11-33-65)59-83(96)70-42-20-7-21-43-70/h1-63H/i22D,23D,24D,25D,26D,27D,28D,29D,44D,45D,46D,47D,48D,49D,50D,51D,52D,53D,54D,55D,62D,63D. The van der Waals surface area contributed by atoms with E-state index in [1.165, 1.54) is 0 Å². The highest BCUT2D eigenvalue weighted by Crippen LogP contribution is 2.56. The first kappa shape index (κ1) is 39.9. The summed E-state index contributed by atoms with van der Waals surface area (Å²) in [6, 6.07) is 62.9. The molecule has 4 nitrogen and oxygen atoms in total. The van der Waals surface area contributed by atoms with Gasteiger partial charge in [0.2, 0.25) is 0 Å². The number of para-hydroxylation sites is 4. The molecule has 0 aliphatic carbocycles. The molecule has 2 aromatic heterocycles. The van der Waals surface area contributed by atoms with Crippen LogP contribution >= 0.6 is 0 Å². The lowest BCUT2D eigenvalue weighted by Crippen LogP contribution is -2.61. The lowest BCUT2D eigenvalue weighted by Gasteiger charge is -2.46. The Hall–Kier alpha value is -13.2. The molecule has 0 N–H and O–H groups in total. The molecule has 0 fully saturated rings. The molecule has 20 rings (SSSR count). The summed E-state index contributed by atoms with van der Waals surface area (Å²) in [7, 11) is 0. The van der Waals surface area contributed by atoms with Crippen LogP contribution in [0.1, 0.15) is 30.2 Å². The minimum Gasteiger partial charge on any atom is -0.310 e. The van der Waals surface area contributed by atoms with Crippen LogP contribution in [-0.2, 0) is 0 Å². The molecule has 2 aliphatic heterocycles. The van der Waals surface area contributed by atoms with Crippen molar-refractivity contribution in [1.82, 2.24) is 9.13 Å². The summed E-state index contributed by atoms with van der Waals surface area (Å²) in [5.74, 6) is 0. The molecule has 0 unspecified atom stereocenters. The summed E-state index contributed by atoms with van der Waals surface area (Å²) in [4.78, 5) is 3.71. The van der Waals surface area contributed by atoms with Crippen LogP contribution in [0.25, 0.3) is 133 Å². The van der Waals surface area contributed by atoms with Gasteiger partial charge in [0.25, 0.3) is 6.71 Å². The zero-order chi connectivity index (χ0) is 85.6. The van der Waals surface area contributed by atoms with E-state index in [-0.39, 0.29) is 60.7 Å². The van der Waals surface area contributed by atoms with Crippen molar-refractivity contribution in [2.24, 2.45) is 0 Å². The third kappa shape index (κ3) is 9.46. The van der Waals surface area contributed by atoms with E-state index in [4.69, 9.17) is 5.48 Å². The van der Waals surface area contributed by atoms with E-state index in [0.29, 0.717) is 67.0 Å². The first-order valence-corrected chi connectivity index (χ1v) is 33.1. The third-order valence-electron chi connectivity index (χ3n) is 19.4. The van der Waals surface area contributed by atoms with Crippen LogP contribution in [0.4, 0.5) is 34.1 Å². The van der Waals surface area contributed by atoms with E-state index in [2.05, 4.69) is 0 Å². The fourth-order valence-corrected chi connectivity index (χ4v) is 15.0. The van der Waals surface area contributed by atoms with Gasteiger partial charge in [-0.15, -0.1) is 0 Å². The second kappa shape index (κ2) is 23.8. The molecule has 0 radical (unpaired) electrons. The van der Waals surface area contributed by atoms with Gasteiger partial charge in [0.1, 0.15) is 0 Å². The average Bonchev–Trinajstić information content (AvgIpc) is 1.51. The number of aromatic nitrogens is 2. The van der Waals surface area contributed by atoms with Crippen LogP contribution in [0.5, 0.6) is 0 Å². The Labute approximate surface area is 618 Å². The van der Waals surface area contributed by atoms with Gasteiger partial charge in [0.15, 0.2) is 0 Å². The van der Waals surface area contributed by atoms with Crippen molar-refractivity contribution in [3.63, 3.8) is 0 Å². The first-order valence-electron chi connectivity index (χ1n) is 44.1. The molecule has 0 saturated heterocycles. The van der Waals surface area contributed by atoms with E-state index in [1.54, 1.807) is 0 Å². The SMILES string of the molecule is [2H]c1c([2H])c(-n2c3c([2H])c([2H])c([2H])c([2H])c3c3c([2H])c([2H])c([2H])c([2H])c32)c([2H])c2c1B1c3c(cc(-c4ccccc4)cc3N(c3c(-c4ccccc4)cc(-c4ccccc4)cc3-c3ccccc3)c3c([2H])c(-n4c5c([2H])c([2H])c([2H])c([2H])c5c5c([2H])c([2H])c([2H])c([2H])c54)c([2H])c([2H])c31)N2c1c(-c2ccccc2)cc(-c2ccccc2)cc1-c1ccccc1. The van der Waals surface area contributed by atoms with Gasteiger partial charge < -0.3 is 18.9 Å². The Bertz CT molecular complexity index is 6930. The molecule has 0 saturated carbocycles. The predicted molar refractivity (Wildman–Crippen MR) is 427 cm³/mol. The average molecular weight is 1310 g/mol. The molecule has 0 bridgehead atoms. The predicted octanol–water partition coefficient (Wildman–Crippen LogP) is 23.6. The van der Waals surface area contributed by atoms with E-state index >= 15 is 0 Å². The smallest absolute Gasteiger partial charge is 0.252 e. The van der Waals surface area contributed by atoms with Gasteiger partial charge in [-0.3, -0.25) is 0 Å². The molecule has 18 aromatic rings. The molecule has 0 spiro atoms. The number of hydrogen-bond donors (Lipinski definition) is 0. The van der Waals surface area contributed by atoms with Crippen LogP contribution in [0.15, 0.2) is 382 Å². The van der Waals surface area contributed by atoms with Crippen molar-refractivity contribution < 1.29 is 30.2 Å². The lowest BCUT2D eigenvalue weighted by atomic mass is 9.33. The topological polar surface area (TPSA) is 16.3 Å². The van der Waals surface area contributed by atoms with Crippen LogP contribution in [0, 0.1) is 0 Å². The van der Waals surface area contributed by atoms with Crippen molar-refractivity contribution in [1.29, 1.82) is 0 Å². The molecule has 4 heterocycles. The second-order valence-electron chi connectivity index (χ2n) is 25.0. The zero-order valence-electron chi connectivity index (χ0n) is 75.5. The Morgan fingerprint density at radius 1 is 0.238 bits per heavy atom. The van der Waals surface area contributed by atoms with E-state index in [1.807, 2.05) is 259 Å². The minimum atomic E-state index is -1.68. The molecular formula is C96H63BN4. The fraction of sp³-hybridized carbons (Fsp3) is 0. The van der Waals surface area contributed by atoms with E-state index < -0.39 is 173 Å². The Kier molecular flexibility index (Phi) is 9.40. The molecule has 470 valence electrons. The van der Waals surface area contributed by atoms with Gasteiger partial charge in [-0.2, -0.15) is 0 Å². The van der Waals surface area contributed by atoms with Crippen LogP contribution in [0.3, 0.4) is 0 Å². The summed E-state index contributed by atoms with van der Waals surface area (Å²) < 4.78 is 223. The van der Waals surface area contributed by atoms with Crippen LogP contribution in [0.2, 0.25) is 0 Å². The number of rotatable bonds is 11. The van der Waals surface area contributed by atoms with Crippen molar-refractivity contribution in [2.45, 2.75) is 0 Å². The normalized spacial score (nSPS) is 15.3. The maximum atomic E-state index is 11.8. The molecule has 101 heavy (non-hydrogen) atoms. The van der Waals surface area contributed by atoms with Crippen molar-refractivity contribution >= 4 is 101 Å². The van der Waals surface area contributed by atoms with Crippen molar-refractivity contribution in [3.05, 3.63) is 382 Å². The highest BCUT2D eigenvalue weighted by molar-refractivity contribution is 7.00. The van der Waals surface area contributed by atoms with E-state index in [9.17, 15) is 24.7 Å². The van der Waals surface area contributed by atoms with Crippen LogP contribution in [-0.4, -0.2) is 15.8 Å². The van der Waals surface area contributed by atoms with Crippen LogP contribution < -0.4 is 26.2 Å². The number of hydrogen-bond acceptors (Lipinski definition) is 2. The molecular weight excluding hydrogens is 1220 g/mol. The Morgan fingerprint density at radius 2 is 0.495 bits per heavy atom. The summed E-state index contributed by atoms with van der Waals surface area (Å²) in [5.41, 5.74) is 6.82. The van der Waals surface area contributed by atoms with Gasteiger partial charge in [-0.25, -0.2) is 0 Å². The lowest BCUT2D eigenvalue weighted by molar-refractivity contribution is 1.17. The number of benzene rings is 16. The number of fused-ring (bicyclic) bond motifs is 10. The summed E-state index contributed by atoms with van der Waals surface area (Å²) in [6.07, 6.45) is 0. The quantitative estimate of drug-likeness (QED) is 0.120. The molecule has 0 atom stereocenters. The molecule has 5 heteroatoms. The molecule has 0 amide bonds. The second-order valence-corrected chi connectivity index (χ2v) is 25.0. The number of anilines is 6. The number of nitrogens with zero attached hydrogens (tertiary/aromatic N) is 4. The summed E-state index contributed by atoms with van der Waals surface area (Å²) in [5, 5.41) is -1.45. The maximum Gasteiger partial charge on any atom is 0.252 e. The Morgan fingerprint density at radius 3 is 0.782 bits per heavy atom. The highest BCUT2D eigenvalue weighted by atomic mass is 15.2. The van der Waals surface area contributed by atoms with Gasteiger partial charge >= 0.3 is 0 Å².